The van der Waals surface area contributed by atoms with Crippen LogP contribution in [0.15, 0.2) is 18.2 Å². The molecule has 0 spiro atoms. The Labute approximate surface area is 136 Å². The van der Waals surface area contributed by atoms with Crippen molar-refractivity contribution in [3.8, 4) is 0 Å². The van der Waals surface area contributed by atoms with Crippen LogP contribution in [0.2, 0.25) is 0 Å². The molecule has 1 atom stereocenters. The Morgan fingerprint density at radius 2 is 2.13 bits per heavy atom. The number of fused-ring (bicyclic) bond motifs is 1. The van der Waals surface area contributed by atoms with Crippen LogP contribution in [0.25, 0.3) is 0 Å². The van der Waals surface area contributed by atoms with Crippen LogP contribution in [0.5, 0.6) is 0 Å². The van der Waals surface area contributed by atoms with Gasteiger partial charge in [0.1, 0.15) is 0 Å². The summed E-state index contributed by atoms with van der Waals surface area (Å²) in [4.78, 5) is 26.1. The molecule has 2 amide bonds. The van der Waals surface area contributed by atoms with E-state index in [1.54, 1.807) is 6.07 Å². The highest BCUT2D eigenvalue weighted by molar-refractivity contribution is 5.98. The van der Waals surface area contributed by atoms with Gasteiger partial charge in [0.25, 0.3) is 5.91 Å². The number of carbonyl (C=O) groups is 2. The van der Waals surface area contributed by atoms with E-state index in [2.05, 4.69) is 15.5 Å². The minimum absolute atomic E-state index is 0.0360. The fraction of sp³-hybridized carbons (Fsp3) is 0.529. The van der Waals surface area contributed by atoms with Gasteiger partial charge in [-0.3, -0.25) is 14.5 Å². The summed E-state index contributed by atoms with van der Waals surface area (Å²) in [5.74, 6) is -0.0284. The SMILES string of the molecule is C[C@@H](CN1CCOCC1)NC(=O)c1ccc2c(c1)CCC(=O)N2. The number of nitrogens with one attached hydrogen (secondary N) is 2. The van der Waals surface area contributed by atoms with E-state index in [0.29, 0.717) is 18.4 Å². The molecule has 0 aromatic heterocycles. The molecular formula is C17H23N3O3. The number of benzene rings is 1. The van der Waals surface area contributed by atoms with Gasteiger partial charge in [0.2, 0.25) is 5.91 Å². The highest BCUT2D eigenvalue weighted by atomic mass is 16.5. The number of ether oxygens (including phenoxy) is 1. The quantitative estimate of drug-likeness (QED) is 0.870. The van der Waals surface area contributed by atoms with Crippen LogP contribution in [0, 0.1) is 0 Å². The predicted octanol–water partition coefficient (Wildman–Crippen LogP) is 1.02. The first-order valence-electron chi connectivity index (χ1n) is 8.15. The number of rotatable bonds is 4. The maximum absolute atomic E-state index is 12.4. The van der Waals surface area contributed by atoms with Crippen molar-refractivity contribution in [1.82, 2.24) is 10.2 Å². The third-order valence-electron chi connectivity index (χ3n) is 4.28. The van der Waals surface area contributed by atoms with E-state index in [9.17, 15) is 9.59 Å². The molecule has 0 aliphatic carbocycles. The molecule has 0 saturated carbocycles. The molecule has 1 aromatic rings. The van der Waals surface area contributed by atoms with Crippen molar-refractivity contribution in [2.24, 2.45) is 0 Å². The van der Waals surface area contributed by atoms with Crippen LogP contribution < -0.4 is 10.6 Å². The Bertz CT molecular complexity index is 597. The molecule has 2 N–H and O–H groups in total. The van der Waals surface area contributed by atoms with Crippen molar-refractivity contribution in [3.05, 3.63) is 29.3 Å². The molecule has 0 bridgehead atoms. The van der Waals surface area contributed by atoms with Gasteiger partial charge in [0, 0.05) is 43.3 Å². The topological polar surface area (TPSA) is 70.7 Å². The second-order valence-corrected chi connectivity index (χ2v) is 6.21. The monoisotopic (exact) mass is 317 g/mol. The number of amides is 2. The van der Waals surface area contributed by atoms with Gasteiger partial charge in [-0.1, -0.05) is 0 Å². The summed E-state index contributed by atoms with van der Waals surface area (Å²) >= 11 is 0. The molecule has 2 aliphatic heterocycles. The lowest BCUT2D eigenvalue weighted by Crippen LogP contribution is -2.46. The summed E-state index contributed by atoms with van der Waals surface area (Å²) in [6.07, 6.45) is 1.16. The molecule has 124 valence electrons. The number of nitrogens with zero attached hydrogens (tertiary/aromatic N) is 1. The van der Waals surface area contributed by atoms with Crippen LogP contribution >= 0.6 is 0 Å². The van der Waals surface area contributed by atoms with Crippen LogP contribution in [0.4, 0.5) is 5.69 Å². The number of aryl methyl sites for hydroxylation is 1. The molecule has 23 heavy (non-hydrogen) atoms. The number of hydrogen-bond donors (Lipinski definition) is 2. The van der Waals surface area contributed by atoms with Gasteiger partial charge >= 0.3 is 0 Å². The van der Waals surface area contributed by atoms with Crippen molar-refractivity contribution in [3.63, 3.8) is 0 Å². The minimum Gasteiger partial charge on any atom is -0.379 e. The average Bonchev–Trinajstić information content (AvgIpc) is 2.55. The van der Waals surface area contributed by atoms with Gasteiger partial charge in [-0.05, 0) is 37.1 Å². The van der Waals surface area contributed by atoms with Crippen molar-refractivity contribution >= 4 is 17.5 Å². The number of anilines is 1. The summed E-state index contributed by atoms with van der Waals surface area (Å²) in [5.41, 5.74) is 2.49. The lowest BCUT2D eigenvalue weighted by Gasteiger charge is -2.29. The second kappa shape index (κ2) is 7.10. The molecule has 1 saturated heterocycles. The summed E-state index contributed by atoms with van der Waals surface area (Å²) in [7, 11) is 0. The fourth-order valence-electron chi connectivity index (χ4n) is 3.05. The van der Waals surface area contributed by atoms with Crippen molar-refractivity contribution in [2.75, 3.05) is 38.2 Å². The first-order valence-corrected chi connectivity index (χ1v) is 8.15. The van der Waals surface area contributed by atoms with Gasteiger partial charge < -0.3 is 15.4 Å². The average molecular weight is 317 g/mol. The Morgan fingerprint density at radius 3 is 2.91 bits per heavy atom. The molecule has 6 heteroatoms. The van der Waals surface area contributed by atoms with Gasteiger partial charge in [-0.15, -0.1) is 0 Å². The van der Waals surface area contributed by atoms with Gasteiger partial charge in [0.05, 0.1) is 13.2 Å². The van der Waals surface area contributed by atoms with Crippen LogP contribution in [-0.4, -0.2) is 55.6 Å². The minimum atomic E-state index is -0.0644. The molecule has 0 radical (unpaired) electrons. The number of hydrogen-bond acceptors (Lipinski definition) is 4. The fourth-order valence-corrected chi connectivity index (χ4v) is 3.05. The van der Waals surface area contributed by atoms with Crippen LogP contribution in [0.3, 0.4) is 0 Å². The highest BCUT2D eigenvalue weighted by Gasteiger charge is 2.19. The van der Waals surface area contributed by atoms with E-state index in [0.717, 1.165) is 44.1 Å². The van der Waals surface area contributed by atoms with E-state index >= 15 is 0 Å². The second-order valence-electron chi connectivity index (χ2n) is 6.21. The maximum Gasteiger partial charge on any atom is 0.251 e. The molecule has 2 aliphatic rings. The summed E-state index contributed by atoms with van der Waals surface area (Å²) in [5, 5.41) is 5.88. The zero-order valence-electron chi connectivity index (χ0n) is 13.4. The Morgan fingerprint density at radius 1 is 1.35 bits per heavy atom. The summed E-state index contributed by atoms with van der Waals surface area (Å²) < 4.78 is 5.33. The predicted molar refractivity (Wildman–Crippen MR) is 87.6 cm³/mol. The van der Waals surface area contributed by atoms with E-state index < -0.39 is 0 Å². The summed E-state index contributed by atoms with van der Waals surface area (Å²) in [6.45, 7) is 6.20. The Kier molecular flexibility index (Phi) is 4.93. The van der Waals surface area contributed by atoms with Crippen LogP contribution in [-0.2, 0) is 16.0 Å². The largest absolute Gasteiger partial charge is 0.379 e. The molecule has 1 fully saturated rings. The molecular weight excluding hydrogens is 294 g/mol. The smallest absolute Gasteiger partial charge is 0.251 e. The van der Waals surface area contributed by atoms with Crippen molar-refractivity contribution in [2.45, 2.75) is 25.8 Å². The van der Waals surface area contributed by atoms with Gasteiger partial charge in [-0.25, -0.2) is 0 Å². The third-order valence-corrected chi connectivity index (χ3v) is 4.28. The van der Waals surface area contributed by atoms with E-state index in [1.807, 2.05) is 19.1 Å². The van der Waals surface area contributed by atoms with E-state index in [1.165, 1.54) is 0 Å². The lowest BCUT2D eigenvalue weighted by atomic mass is 10.00. The van der Waals surface area contributed by atoms with Crippen LogP contribution in [0.1, 0.15) is 29.3 Å². The lowest BCUT2D eigenvalue weighted by molar-refractivity contribution is -0.116. The Hall–Kier alpha value is -1.92. The third kappa shape index (κ3) is 4.09. The zero-order valence-corrected chi connectivity index (χ0v) is 13.4. The Balaban J connectivity index is 1.58. The first kappa shape index (κ1) is 16.0. The van der Waals surface area contributed by atoms with Crippen molar-refractivity contribution < 1.29 is 14.3 Å². The number of morpholine rings is 1. The van der Waals surface area contributed by atoms with Crippen molar-refractivity contribution in [1.29, 1.82) is 0 Å². The molecule has 3 rings (SSSR count). The van der Waals surface area contributed by atoms with E-state index in [4.69, 9.17) is 4.74 Å². The van der Waals surface area contributed by atoms with E-state index in [-0.39, 0.29) is 17.9 Å². The highest BCUT2D eigenvalue weighted by Crippen LogP contribution is 2.23. The first-order chi connectivity index (χ1) is 11.1. The molecule has 2 heterocycles. The standard InChI is InChI=1S/C17H23N3O3/c1-12(11-20-6-8-23-9-7-20)18-17(22)14-2-4-15-13(10-14)3-5-16(21)19-15/h2,4,10,12H,3,5-9,11H2,1H3,(H,18,22)(H,19,21)/t12-/m0/s1. The zero-order chi connectivity index (χ0) is 16.2. The molecule has 6 nitrogen and oxygen atoms in total. The summed E-state index contributed by atoms with van der Waals surface area (Å²) in [6, 6.07) is 5.54. The number of carbonyl (C=O) groups excluding carboxylic acids is 2. The normalized spacial score (nSPS) is 19.6. The maximum atomic E-state index is 12.4. The molecule has 0 unspecified atom stereocenters. The molecule has 1 aromatic carbocycles. The van der Waals surface area contributed by atoms with Gasteiger partial charge in [-0.2, -0.15) is 0 Å². The van der Waals surface area contributed by atoms with Gasteiger partial charge in [0.15, 0.2) is 0 Å².